The summed E-state index contributed by atoms with van der Waals surface area (Å²) in [4.78, 5) is 63.9. The third-order valence-electron chi connectivity index (χ3n) is 13.9. The van der Waals surface area contributed by atoms with Crippen molar-refractivity contribution in [2.45, 2.75) is 152 Å². The summed E-state index contributed by atoms with van der Waals surface area (Å²) in [7, 11) is -2.31. The summed E-state index contributed by atoms with van der Waals surface area (Å²) in [6, 6.07) is 4.88. The highest BCUT2D eigenvalue weighted by molar-refractivity contribution is 7.91. The fourth-order valence-corrected chi connectivity index (χ4v) is 11.2. The molecule has 5 atom stereocenters. The van der Waals surface area contributed by atoms with Crippen LogP contribution in [-0.4, -0.2) is 78.0 Å². The fraction of sp³-hybridized carbons (Fsp3) is 0.659. The Balaban J connectivity index is 1.13. The lowest BCUT2D eigenvalue weighted by Gasteiger charge is -2.37. The lowest BCUT2D eigenvalue weighted by atomic mass is 9.85. The molecule has 308 valence electrons. The van der Waals surface area contributed by atoms with Gasteiger partial charge in [-0.25, -0.2) is 13.4 Å². The zero-order valence-electron chi connectivity index (χ0n) is 33.6. The van der Waals surface area contributed by atoms with Crippen LogP contribution in [0.25, 0.3) is 10.9 Å². The zero-order chi connectivity index (χ0) is 40.2. The van der Waals surface area contributed by atoms with Crippen molar-refractivity contribution in [3.8, 4) is 11.5 Å². The van der Waals surface area contributed by atoms with Crippen LogP contribution >= 0.6 is 0 Å². The van der Waals surface area contributed by atoms with Crippen molar-refractivity contribution in [1.82, 2.24) is 14.6 Å². The minimum Gasteiger partial charge on any atom is -0.497 e. The maximum Gasteiger partial charge on any atom is 0.306 e. The molecule has 0 radical (unpaired) electrons. The van der Waals surface area contributed by atoms with Crippen molar-refractivity contribution in [3.05, 3.63) is 41.6 Å². The summed E-state index contributed by atoms with van der Waals surface area (Å²) in [5.41, 5.74) is 0.508. The number of sulfonamides is 1. The minimum atomic E-state index is -3.94. The van der Waals surface area contributed by atoms with E-state index in [4.69, 9.17) is 19.2 Å². The molecule has 3 saturated carbocycles. The third kappa shape index (κ3) is 7.69. The summed E-state index contributed by atoms with van der Waals surface area (Å²) < 4.78 is 46.4. The molecule has 13 heteroatoms. The SMILES string of the molecule is CCc1nc2ccc(OC)cc2c2c1O[C@]1(CC2)C[C@H]2C(=O)C[C@]3(C(=O)NS(=O)(=O)C4(C)CC4)C[C@H]3/C=C\CCCCC[C@H](CC(=O)OC3CCCC3)C(=O)N2C1. The van der Waals surface area contributed by atoms with Crippen molar-refractivity contribution in [2.24, 2.45) is 17.3 Å². The number of allylic oxidation sites excluding steroid dienone is 2. The number of nitrogens with zero attached hydrogens (tertiary/aromatic N) is 2. The normalized spacial score (nSPS) is 30.6. The van der Waals surface area contributed by atoms with Crippen molar-refractivity contribution in [3.63, 3.8) is 0 Å². The number of amides is 2. The van der Waals surface area contributed by atoms with Gasteiger partial charge in [-0.1, -0.05) is 31.9 Å². The molecule has 2 amide bonds. The first-order chi connectivity index (χ1) is 27.3. The van der Waals surface area contributed by atoms with Gasteiger partial charge in [-0.15, -0.1) is 0 Å². The number of nitrogens with one attached hydrogen (secondary N) is 1. The Hall–Kier alpha value is -4.00. The van der Waals surface area contributed by atoms with E-state index in [1.54, 1.807) is 18.9 Å². The second kappa shape index (κ2) is 15.3. The van der Waals surface area contributed by atoms with Gasteiger partial charge < -0.3 is 19.1 Å². The average molecular weight is 804 g/mol. The van der Waals surface area contributed by atoms with E-state index in [0.29, 0.717) is 56.4 Å². The molecule has 4 heterocycles. The maximum atomic E-state index is 14.9. The number of ether oxygens (including phenoxy) is 3. The Bertz CT molecular complexity index is 2090. The molecular weight excluding hydrogens is 747 g/mol. The number of aromatic nitrogens is 1. The van der Waals surface area contributed by atoms with E-state index in [-0.39, 0.29) is 55.5 Å². The lowest BCUT2D eigenvalue weighted by Crippen LogP contribution is -2.48. The number of pyridine rings is 1. The van der Waals surface area contributed by atoms with Gasteiger partial charge in [0.2, 0.25) is 21.8 Å². The second-order valence-electron chi connectivity index (χ2n) is 17.9. The van der Waals surface area contributed by atoms with E-state index in [1.807, 2.05) is 37.3 Å². The molecule has 0 bridgehead atoms. The molecule has 12 nitrogen and oxygen atoms in total. The van der Waals surface area contributed by atoms with Gasteiger partial charge in [-0.05, 0) is 115 Å². The molecule has 2 aromatic rings. The number of carbonyl (C=O) groups is 4. The molecule has 3 aliphatic heterocycles. The van der Waals surface area contributed by atoms with Crippen LogP contribution < -0.4 is 14.2 Å². The number of carbonyl (C=O) groups excluding carboxylic acids is 4. The second-order valence-corrected chi connectivity index (χ2v) is 20.1. The van der Waals surface area contributed by atoms with Crippen LogP contribution in [-0.2, 0) is 46.8 Å². The van der Waals surface area contributed by atoms with Crippen molar-refractivity contribution < 1.29 is 41.8 Å². The number of benzene rings is 1. The van der Waals surface area contributed by atoms with Gasteiger partial charge in [0.1, 0.15) is 23.2 Å². The van der Waals surface area contributed by atoms with Crippen LogP contribution in [0, 0.1) is 17.3 Å². The van der Waals surface area contributed by atoms with E-state index in [9.17, 15) is 27.6 Å². The Kier molecular flexibility index (Phi) is 10.7. The summed E-state index contributed by atoms with van der Waals surface area (Å²) in [6.45, 7) is 3.80. The molecule has 1 saturated heterocycles. The topological polar surface area (TPSA) is 158 Å². The molecule has 0 unspecified atom stereocenters. The van der Waals surface area contributed by atoms with Crippen LogP contribution in [0.1, 0.15) is 128 Å². The van der Waals surface area contributed by atoms with E-state index in [0.717, 1.165) is 73.5 Å². The molecule has 3 aliphatic carbocycles. The molecule has 57 heavy (non-hydrogen) atoms. The Morgan fingerprint density at radius 2 is 1.81 bits per heavy atom. The van der Waals surface area contributed by atoms with Crippen LogP contribution in [0.4, 0.5) is 0 Å². The number of Topliss-reactive ketones (excluding diaryl/α,β-unsaturated/α-hetero) is 1. The number of aryl methyl sites for hydroxylation is 2. The number of rotatable bonds is 8. The number of hydrogen-bond acceptors (Lipinski definition) is 10. The van der Waals surface area contributed by atoms with E-state index in [2.05, 4.69) is 4.72 Å². The van der Waals surface area contributed by atoms with Gasteiger partial charge in [-0.3, -0.25) is 23.9 Å². The van der Waals surface area contributed by atoms with Gasteiger partial charge >= 0.3 is 5.97 Å². The first-order valence-electron chi connectivity index (χ1n) is 21.2. The van der Waals surface area contributed by atoms with Gasteiger partial charge in [0.15, 0.2) is 5.78 Å². The smallest absolute Gasteiger partial charge is 0.306 e. The maximum absolute atomic E-state index is 14.9. The van der Waals surface area contributed by atoms with Crippen LogP contribution in [0.15, 0.2) is 30.4 Å². The van der Waals surface area contributed by atoms with Crippen LogP contribution in [0.2, 0.25) is 0 Å². The Labute approximate surface area is 335 Å². The third-order valence-corrected chi connectivity index (χ3v) is 16.1. The largest absolute Gasteiger partial charge is 0.497 e. The van der Waals surface area contributed by atoms with Gasteiger partial charge in [0.25, 0.3) is 0 Å². The van der Waals surface area contributed by atoms with Crippen molar-refractivity contribution in [1.29, 1.82) is 0 Å². The molecule has 1 N–H and O–H groups in total. The molecule has 1 aromatic carbocycles. The van der Waals surface area contributed by atoms with Crippen LogP contribution in [0.3, 0.4) is 0 Å². The Morgan fingerprint density at radius 3 is 2.54 bits per heavy atom. The number of fused-ring (bicyclic) bond motifs is 5. The standard InChI is InChI=1S/C44H57N3O9S/c1-4-34-39-32(33-23-31(54-3)16-17-35(33)45-34)18-19-43(56-39)25-36-37(48)26-44(41(51)46-57(52,53)42(2)20-21-42)24-29(44)13-9-7-5-6-8-12-28(40(50)47(36)27-43)22-38(49)55-30-14-10-11-15-30/h9,13,16-17,23,28-30,36H,4-8,10-12,14-15,18-22,24-27H2,1-3H3,(H,46,51)/b13-9-/t28-,29-,36+,43-,44-/m1/s1. The molecular formula is C44H57N3O9S. The van der Waals surface area contributed by atoms with E-state index in [1.165, 1.54) is 0 Å². The number of ketones is 1. The van der Waals surface area contributed by atoms with Gasteiger partial charge in [-0.2, -0.15) is 0 Å². The lowest BCUT2D eigenvalue weighted by molar-refractivity contribution is -0.154. The van der Waals surface area contributed by atoms with Gasteiger partial charge in [0.05, 0.1) is 47.5 Å². The molecule has 8 rings (SSSR count). The van der Waals surface area contributed by atoms with E-state index >= 15 is 0 Å². The van der Waals surface area contributed by atoms with Crippen LogP contribution in [0.5, 0.6) is 11.5 Å². The molecule has 6 aliphatic rings. The molecule has 1 spiro atoms. The van der Waals surface area contributed by atoms with Crippen molar-refractivity contribution in [2.75, 3.05) is 13.7 Å². The first kappa shape index (κ1) is 39.8. The highest BCUT2D eigenvalue weighted by Crippen LogP contribution is 2.58. The monoisotopic (exact) mass is 803 g/mol. The predicted molar refractivity (Wildman–Crippen MR) is 213 cm³/mol. The quantitative estimate of drug-likeness (QED) is 0.232. The minimum absolute atomic E-state index is 0.0634. The number of esters is 1. The Morgan fingerprint density at radius 1 is 1.04 bits per heavy atom. The zero-order valence-corrected chi connectivity index (χ0v) is 34.4. The van der Waals surface area contributed by atoms with Gasteiger partial charge in [0, 0.05) is 29.7 Å². The summed E-state index contributed by atoms with van der Waals surface area (Å²) in [5, 5.41) is 0.938. The average Bonchev–Trinajstić information content (AvgIpc) is 3.99. The fourth-order valence-electron chi connectivity index (χ4n) is 9.85. The summed E-state index contributed by atoms with van der Waals surface area (Å²) in [5.74, 6) is -1.20. The predicted octanol–water partition coefficient (Wildman–Crippen LogP) is 6.45. The first-order valence-corrected chi connectivity index (χ1v) is 22.7. The number of hydrogen-bond donors (Lipinski definition) is 1. The highest BCUT2D eigenvalue weighted by atomic mass is 32.2. The molecule has 4 fully saturated rings. The summed E-state index contributed by atoms with van der Waals surface area (Å²) in [6.07, 6.45) is 14.3. The van der Waals surface area contributed by atoms with E-state index < -0.39 is 43.7 Å². The number of methoxy groups -OCH3 is 1. The summed E-state index contributed by atoms with van der Waals surface area (Å²) >= 11 is 0. The molecule has 1 aromatic heterocycles. The highest BCUT2D eigenvalue weighted by Gasteiger charge is 2.63. The van der Waals surface area contributed by atoms with Crippen molar-refractivity contribution >= 4 is 44.5 Å².